The standard InChI is InChI=1S/C26H23N5OS2/c32-24(17-34-26-29-28-25(30(26)20-10-11-20)19-12-14-27-15-13-19)31-21-8-4-5-9-23(21)33-16-22(31)18-6-2-1-3-7-18/h1-9,12-15,20,22H,10-11,16-17H2/t22-/m0/s1. The molecule has 0 N–H and O–H groups in total. The lowest BCUT2D eigenvalue weighted by atomic mass is 10.1. The highest BCUT2D eigenvalue weighted by molar-refractivity contribution is 8.00. The highest BCUT2D eigenvalue weighted by Crippen LogP contribution is 2.44. The Balaban J connectivity index is 1.28. The second-order valence-electron chi connectivity index (χ2n) is 8.40. The number of aromatic nitrogens is 4. The first-order chi connectivity index (χ1) is 16.8. The topological polar surface area (TPSA) is 63.9 Å². The number of pyridine rings is 1. The summed E-state index contributed by atoms with van der Waals surface area (Å²) in [5, 5.41) is 9.75. The van der Waals surface area contributed by atoms with Gasteiger partial charge in [-0.25, -0.2) is 0 Å². The number of carbonyl (C=O) groups is 1. The summed E-state index contributed by atoms with van der Waals surface area (Å²) >= 11 is 3.29. The van der Waals surface area contributed by atoms with Crippen molar-refractivity contribution in [3.63, 3.8) is 0 Å². The number of thioether (sulfide) groups is 2. The van der Waals surface area contributed by atoms with E-state index in [-0.39, 0.29) is 11.9 Å². The van der Waals surface area contributed by atoms with Gasteiger partial charge in [-0.2, -0.15) is 0 Å². The smallest absolute Gasteiger partial charge is 0.238 e. The largest absolute Gasteiger partial charge is 0.302 e. The third-order valence-corrected chi connectivity index (χ3v) is 8.19. The number of hydrogen-bond donors (Lipinski definition) is 0. The van der Waals surface area contributed by atoms with E-state index in [1.54, 1.807) is 12.4 Å². The van der Waals surface area contributed by atoms with Crippen molar-refractivity contribution in [3.05, 3.63) is 84.7 Å². The van der Waals surface area contributed by atoms with Crippen molar-refractivity contribution in [3.8, 4) is 11.4 Å². The van der Waals surface area contributed by atoms with E-state index in [2.05, 4.69) is 37.9 Å². The van der Waals surface area contributed by atoms with Gasteiger partial charge in [-0.1, -0.05) is 54.2 Å². The van der Waals surface area contributed by atoms with Gasteiger partial charge in [0.05, 0.1) is 17.5 Å². The first-order valence-electron chi connectivity index (χ1n) is 11.4. The Kier molecular flexibility index (Phi) is 5.84. The number of benzene rings is 2. The van der Waals surface area contributed by atoms with Crippen molar-refractivity contribution in [2.75, 3.05) is 16.4 Å². The molecular formula is C26H23N5OS2. The van der Waals surface area contributed by atoms with Crippen LogP contribution in [0.2, 0.25) is 0 Å². The molecule has 2 aliphatic rings. The molecule has 0 unspecified atom stereocenters. The van der Waals surface area contributed by atoms with Crippen LogP contribution in [-0.4, -0.2) is 37.2 Å². The zero-order valence-electron chi connectivity index (χ0n) is 18.4. The summed E-state index contributed by atoms with van der Waals surface area (Å²) in [6.45, 7) is 0. The molecule has 1 aliphatic heterocycles. The van der Waals surface area contributed by atoms with E-state index in [0.29, 0.717) is 11.8 Å². The summed E-state index contributed by atoms with van der Waals surface area (Å²) in [6, 6.07) is 22.8. The summed E-state index contributed by atoms with van der Waals surface area (Å²) in [6.07, 6.45) is 5.77. The summed E-state index contributed by atoms with van der Waals surface area (Å²) < 4.78 is 2.20. The van der Waals surface area contributed by atoms with Gasteiger partial charge in [0.25, 0.3) is 0 Å². The normalized spacial score (nSPS) is 17.4. The Labute approximate surface area is 206 Å². The van der Waals surface area contributed by atoms with Gasteiger partial charge in [-0.15, -0.1) is 22.0 Å². The molecule has 1 saturated carbocycles. The minimum atomic E-state index is 0.00267. The van der Waals surface area contributed by atoms with Crippen molar-refractivity contribution in [1.29, 1.82) is 0 Å². The van der Waals surface area contributed by atoms with E-state index in [9.17, 15) is 4.79 Å². The Hall–Kier alpha value is -3.10. The molecule has 8 heteroatoms. The molecule has 1 amide bonds. The van der Waals surface area contributed by atoms with Gasteiger partial charge in [0.1, 0.15) is 0 Å². The molecule has 2 aromatic carbocycles. The number of carbonyl (C=O) groups excluding carboxylic acids is 1. The van der Waals surface area contributed by atoms with Gasteiger partial charge < -0.3 is 4.90 Å². The fourth-order valence-electron chi connectivity index (χ4n) is 4.35. The maximum atomic E-state index is 13.7. The van der Waals surface area contributed by atoms with Gasteiger partial charge in [0.2, 0.25) is 5.91 Å². The molecule has 6 rings (SSSR count). The molecular weight excluding hydrogens is 462 g/mol. The van der Waals surface area contributed by atoms with Gasteiger partial charge in [-0.3, -0.25) is 14.3 Å². The number of amides is 1. The summed E-state index contributed by atoms with van der Waals surface area (Å²) in [7, 11) is 0. The molecule has 0 saturated heterocycles. The van der Waals surface area contributed by atoms with Gasteiger partial charge in [0, 0.05) is 34.6 Å². The van der Waals surface area contributed by atoms with E-state index in [4.69, 9.17) is 0 Å². The Bertz CT molecular complexity index is 1310. The molecule has 34 heavy (non-hydrogen) atoms. The van der Waals surface area contributed by atoms with E-state index in [1.165, 1.54) is 11.8 Å². The van der Waals surface area contributed by atoms with Crippen LogP contribution in [0.5, 0.6) is 0 Å². The van der Waals surface area contributed by atoms with Crippen LogP contribution >= 0.6 is 23.5 Å². The number of hydrogen-bond acceptors (Lipinski definition) is 6. The molecule has 3 heterocycles. The molecule has 2 aromatic heterocycles. The fraction of sp³-hybridized carbons (Fsp3) is 0.231. The van der Waals surface area contributed by atoms with Crippen LogP contribution in [-0.2, 0) is 4.79 Å². The maximum absolute atomic E-state index is 13.7. The van der Waals surface area contributed by atoms with E-state index < -0.39 is 0 Å². The van der Waals surface area contributed by atoms with Crippen LogP contribution in [0.3, 0.4) is 0 Å². The van der Waals surface area contributed by atoms with Crippen LogP contribution in [0.25, 0.3) is 11.4 Å². The average molecular weight is 486 g/mol. The lowest BCUT2D eigenvalue weighted by Gasteiger charge is -2.37. The van der Waals surface area contributed by atoms with Crippen LogP contribution in [0.15, 0.2) is 89.2 Å². The number of para-hydroxylation sites is 1. The van der Waals surface area contributed by atoms with E-state index in [0.717, 1.165) is 51.3 Å². The first-order valence-corrected chi connectivity index (χ1v) is 13.3. The Morgan fingerprint density at radius 2 is 1.74 bits per heavy atom. The Morgan fingerprint density at radius 1 is 0.971 bits per heavy atom. The van der Waals surface area contributed by atoms with E-state index in [1.807, 2.05) is 65.2 Å². The molecule has 1 atom stereocenters. The number of anilines is 1. The van der Waals surface area contributed by atoms with Gasteiger partial charge in [0.15, 0.2) is 11.0 Å². The maximum Gasteiger partial charge on any atom is 0.238 e. The lowest BCUT2D eigenvalue weighted by molar-refractivity contribution is -0.116. The van der Waals surface area contributed by atoms with Crippen LogP contribution in [0, 0.1) is 0 Å². The third kappa shape index (κ3) is 4.12. The molecule has 1 aliphatic carbocycles. The highest BCUT2D eigenvalue weighted by Gasteiger charge is 2.34. The molecule has 6 nitrogen and oxygen atoms in total. The van der Waals surface area contributed by atoms with Crippen molar-refractivity contribution in [1.82, 2.24) is 19.7 Å². The quantitative estimate of drug-likeness (QED) is 0.329. The SMILES string of the molecule is O=C(CSc1nnc(-c2ccncc2)n1C1CC1)N1c2ccccc2SC[C@H]1c1ccccc1. The molecule has 4 aromatic rings. The van der Waals surface area contributed by atoms with Crippen molar-refractivity contribution >= 4 is 35.1 Å². The van der Waals surface area contributed by atoms with Crippen LogP contribution in [0.1, 0.15) is 30.5 Å². The van der Waals surface area contributed by atoms with Crippen LogP contribution < -0.4 is 4.90 Å². The van der Waals surface area contributed by atoms with Crippen molar-refractivity contribution in [2.24, 2.45) is 0 Å². The lowest BCUT2D eigenvalue weighted by Crippen LogP contribution is -2.39. The average Bonchev–Trinajstić information content (AvgIpc) is 3.66. The monoisotopic (exact) mass is 485 g/mol. The predicted molar refractivity (Wildman–Crippen MR) is 136 cm³/mol. The highest BCUT2D eigenvalue weighted by atomic mass is 32.2. The zero-order valence-corrected chi connectivity index (χ0v) is 20.1. The molecule has 0 radical (unpaired) electrons. The first kappa shape index (κ1) is 21.4. The van der Waals surface area contributed by atoms with Gasteiger partial charge in [-0.05, 0) is 42.7 Å². The zero-order chi connectivity index (χ0) is 22.9. The second kappa shape index (κ2) is 9.27. The molecule has 0 spiro atoms. The second-order valence-corrected chi connectivity index (χ2v) is 10.4. The fourth-order valence-corrected chi connectivity index (χ4v) is 6.38. The molecule has 1 fully saturated rings. The summed E-state index contributed by atoms with van der Waals surface area (Å²) in [5.74, 6) is 2.08. The van der Waals surface area contributed by atoms with Crippen LogP contribution in [0.4, 0.5) is 5.69 Å². The van der Waals surface area contributed by atoms with Crippen molar-refractivity contribution in [2.45, 2.75) is 35.0 Å². The van der Waals surface area contributed by atoms with Crippen molar-refractivity contribution < 1.29 is 4.79 Å². The minimum absolute atomic E-state index is 0.00267. The number of nitrogens with zero attached hydrogens (tertiary/aromatic N) is 5. The number of fused-ring (bicyclic) bond motifs is 1. The third-order valence-electron chi connectivity index (χ3n) is 6.13. The predicted octanol–water partition coefficient (Wildman–Crippen LogP) is 5.65. The molecule has 170 valence electrons. The summed E-state index contributed by atoms with van der Waals surface area (Å²) in [4.78, 5) is 21.0. The Morgan fingerprint density at radius 3 is 2.53 bits per heavy atom. The van der Waals surface area contributed by atoms with E-state index >= 15 is 0 Å². The summed E-state index contributed by atoms with van der Waals surface area (Å²) in [5.41, 5.74) is 3.14. The van der Waals surface area contributed by atoms with Gasteiger partial charge >= 0.3 is 0 Å². The molecule has 0 bridgehead atoms. The number of rotatable bonds is 6. The minimum Gasteiger partial charge on any atom is -0.302 e.